The van der Waals surface area contributed by atoms with E-state index in [1.165, 1.54) is 19.1 Å². The highest BCUT2D eigenvalue weighted by Crippen LogP contribution is 2.39. The molecule has 2 N–H and O–H groups in total. The van der Waals surface area contributed by atoms with Crippen molar-refractivity contribution in [1.29, 1.82) is 0 Å². The molecule has 14 unspecified atom stereocenters. The molecule has 12 nitrogen and oxygen atoms in total. The van der Waals surface area contributed by atoms with Crippen LogP contribution in [-0.2, 0) is 42.9 Å². The maximum Gasteiger partial charge on any atom is 0.329 e. The molecule has 4 aliphatic rings. The number of esters is 1. The van der Waals surface area contributed by atoms with Crippen LogP contribution in [0, 0.1) is 29.6 Å². The second-order valence-electron chi connectivity index (χ2n) is 17.1. The molecule has 14 atom stereocenters. The van der Waals surface area contributed by atoms with Crippen LogP contribution in [0.2, 0.25) is 0 Å². The number of halogens is 1. The molecule has 3 heterocycles. The van der Waals surface area contributed by atoms with Crippen LogP contribution in [0.15, 0.2) is 23.3 Å². The van der Waals surface area contributed by atoms with Crippen molar-refractivity contribution in [2.24, 2.45) is 29.6 Å². The van der Waals surface area contributed by atoms with Gasteiger partial charge < -0.3 is 38.8 Å². The number of ketones is 2. The molecule has 3 aliphatic heterocycles. The van der Waals surface area contributed by atoms with Crippen molar-refractivity contribution >= 4 is 35.0 Å². The third kappa shape index (κ3) is 10.9. The number of nitrogens with zero attached hydrogens (tertiary/aromatic N) is 1. The van der Waals surface area contributed by atoms with Crippen LogP contribution in [0.1, 0.15) is 112 Å². The van der Waals surface area contributed by atoms with Gasteiger partial charge in [0.2, 0.25) is 5.79 Å². The molecule has 0 radical (unpaired) electrons. The topological polar surface area (TPSA) is 158 Å². The Morgan fingerprint density at radius 3 is 2.27 bits per heavy atom. The number of cyclic esters (lactones) is 1. The van der Waals surface area contributed by atoms with Crippen molar-refractivity contribution < 1.29 is 53.1 Å². The van der Waals surface area contributed by atoms with Gasteiger partial charge in [0, 0.05) is 52.0 Å². The molecule has 318 valence electrons. The zero-order valence-corrected chi connectivity index (χ0v) is 35.8. The minimum atomic E-state index is -2.49. The Morgan fingerprint density at radius 2 is 1.62 bits per heavy atom. The summed E-state index contributed by atoms with van der Waals surface area (Å²) in [6.07, 6.45) is 5.16. The number of hydrogen-bond donors (Lipinski definition) is 2. The molecular formula is C43H68ClNO11. The quantitative estimate of drug-likeness (QED) is 0.146. The SMILES string of the molecule is CCC1C=C(C)CC(C)CC(OC)C2OC(O)(C(=O)C(=O)N3CCCCC3C(=O)OC(/C(C)=C/C3CCC(Cl)C(OC)C3)C(C)C(O)CC1=O)C(C)CC2OC. The maximum atomic E-state index is 14.3. The number of piperidine rings is 1. The number of fused-ring (bicyclic) bond motifs is 3. The van der Waals surface area contributed by atoms with Gasteiger partial charge in [0.15, 0.2) is 0 Å². The number of aliphatic hydroxyl groups is 2. The van der Waals surface area contributed by atoms with Crippen molar-refractivity contribution in [1.82, 2.24) is 4.90 Å². The zero-order valence-electron chi connectivity index (χ0n) is 35.0. The number of Topliss-reactive ketones (excluding diaryl/α,β-unsaturated/α-hetero) is 2. The van der Waals surface area contributed by atoms with E-state index in [4.69, 9.17) is 35.3 Å². The van der Waals surface area contributed by atoms with Crippen LogP contribution in [0.3, 0.4) is 0 Å². The van der Waals surface area contributed by atoms with Gasteiger partial charge in [0.25, 0.3) is 11.7 Å². The van der Waals surface area contributed by atoms with Crippen LogP contribution in [0.25, 0.3) is 0 Å². The van der Waals surface area contributed by atoms with Gasteiger partial charge in [0.1, 0.15) is 24.0 Å². The Balaban J connectivity index is 1.76. The van der Waals surface area contributed by atoms with E-state index in [2.05, 4.69) is 6.92 Å². The van der Waals surface area contributed by atoms with E-state index < -0.39 is 77.8 Å². The Bertz CT molecular complexity index is 1440. The summed E-state index contributed by atoms with van der Waals surface area (Å²) in [4.78, 5) is 57.7. The fourth-order valence-corrected chi connectivity index (χ4v) is 9.69. The summed E-state index contributed by atoms with van der Waals surface area (Å²) in [5.74, 6) is -7.31. The van der Waals surface area contributed by atoms with Crippen molar-refractivity contribution in [2.45, 2.75) is 166 Å². The van der Waals surface area contributed by atoms with Crippen molar-refractivity contribution in [3.8, 4) is 0 Å². The highest BCUT2D eigenvalue weighted by Gasteiger charge is 2.56. The Hall–Kier alpha value is -2.19. The summed E-state index contributed by atoms with van der Waals surface area (Å²) in [7, 11) is 4.71. The maximum absolute atomic E-state index is 14.3. The number of alkyl halides is 1. The van der Waals surface area contributed by atoms with E-state index in [1.54, 1.807) is 21.0 Å². The van der Waals surface area contributed by atoms with Gasteiger partial charge in [0.05, 0.1) is 29.8 Å². The predicted molar refractivity (Wildman–Crippen MR) is 212 cm³/mol. The summed E-state index contributed by atoms with van der Waals surface area (Å²) in [6.45, 7) is 11.3. The van der Waals surface area contributed by atoms with Crippen LogP contribution in [-0.4, -0.2) is 120 Å². The number of ether oxygens (including phenoxy) is 5. The van der Waals surface area contributed by atoms with E-state index in [1.807, 2.05) is 32.9 Å². The van der Waals surface area contributed by atoms with Crippen molar-refractivity contribution in [3.63, 3.8) is 0 Å². The summed E-state index contributed by atoms with van der Waals surface area (Å²) >= 11 is 6.52. The molecule has 0 aromatic rings. The fraction of sp³-hybridized carbons (Fsp3) is 0.814. The minimum Gasteiger partial charge on any atom is -0.456 e. The minimum absolute atomic E-state index is 0.0425. The largest absolute Gasteiger partial charge is 0.456 e. The summed E-state index contributed by atoms with van der Waals surface area (Å²) in [6, 6.07) is -1.12. The number of amides is 1. The molecular weight excluding hydrogens is 742 g/mol. The molecule has 0 aromatic carbocycles. The number of hydrogen-bond acceptors (Lipinski definition) is 11. The van der Waals surface area contributed by atoms with Crippen LogP contribution in [0.4, 0.5) is 0 Å². The lowest BCUT2D eigenvalue weighted by Crippen LogP contribution is -2.64. The first-order chi connectivity index (χ1) is 26.5. The first-order valence-corrected chi connectivity index (χ1v) is 21.2. The van der Waals surface area contributed by atoms with E-state index in [0.29, 0.717) is 44.1 Å². The molecule has 0 aromatic heterocycles. The molecule has 1 aliphatic carbocycles. The van der Waals surface area contributed by atoms with Gasteiger partial charge in [-0.05, 0) is 95.5 Å². The summed E-state index contributed by atoms with van der Waals surface area (Å²) < 4.78 is 29.9. The van der Waals surface area contributed by atoms with Crippen LogP contribution >= 0.6 is 11.6 Å². The second-order valence-corrected chi connectivity index (χ2v) is 17.7. The smallest absolute Gasteiger partial charge is 0.329 e. The molecule has 1 saturated carbocycles. The van der Waals surface area contributed by atoms with Gasteiger partial charge >= 0.3 is 5.97 Å². The first-order valence-electron chi connectivity index (χ1n) is 20.7. The highest BCUT2D eigenvalue weighted by atomic mass is 35.5. The van der Waals surface area contributed by atoms with Crippen LogP contribution in [0.5, 0.6) is 0 Å². The Morgan fingerprint density at radius 1 is 0.964 bits per heavy atom. The van der Waals surface area contributed by atoms with E-state index >= 15 is 0 Å². The normalized spacial score (nSPS) is 40.6. The van der Waals surface area contributed by atoms with Gasteiger partial charge in [-0.15, -0.1) is 11.6 Å². The Labute approximate surface area is 339 Å². The lowest BCUT2D eigenvalue weighted by Gasteiger charge is -2.47. The van der Waals surface area contributed by atoms with Gasteiger partial charge in [-0.1, -0.05) is 45.4 Å². The van der Waals surface area contributed by atoms with E-state index in [9.17, 15) is 29.4 Å². The van der Waals surface area contributed by atoms with E-state index in [0.717, 1.165) is 18.4 Å². The Kier molecular flexibility index (Phi) is 17.2. The molecule has 13 heteroatoms. The monoisotopic (exact) mass is 809 g/mol. The van der Waals surface area contributed by atoms with Gasteiger partial charge in [-0.2, -0.15) is 0 Å². The standard InChI is InChI=1S/C43H68ClNO11/c1-10-30-18-24(2)17-25(3)19-36(53-8)39-37(54-9)21-27(5)43(51,56-39)40(48)41(49)45-16-12-11-13-32(45)42(50)55-38(28(6)33(46)23-34(30)47)26(4)20-29-14-15-31(44)35(22-29)52-7/h18,20,25,27-33,35-39,46,51H,10-17,19,21-23H2,1-9H3/b24-18?,26-20+. The number of aliphatic hydroxyl groups excluding tert-OH is 1. The highest BCUT2D eigenvalue weighted by molar-refractivity contribution is 6.39. The fourth-order valence-electron chi connectivity index (χ4n) is 9.36. The lowest BCUT2D eigenvalue weighted by atomic mass is 9.82. The summed E-state index contributed by atoms with van der Waals surface area (Å²) in [5, 5.41) is 23.6. The number of carbonyl (C=O) groups excluding carboxylic acids is 4. The van der Waals surface area contributed by atoms with Gasteiger partial charge in [-0.25, -0.2) is 4.79 Å². The molecule has 1 amide bonds. The number of rotatable bonds is 6. The number of allylic oxidation sites excluding steroid dienone is 3. The molecule has 0 spiro atoms. The molecule has 2 saturated heterocycles. The number of carbonyl (C=O) groups is 4. The number of methoxy groups -OCH3 is 3. The van der Waals surface area contributed by atoms with Crippen molar-refractivity contribution in [3.05, 3.63) is 23.3 Å². The second kappa shape index (κ2) is 20.7. The van der Waals surface area contributed by atoms with Crippen LogP contribution < -0.4 is 0 Å². The van der Waals surface area contributed by atoms with E-state index in [-0.39, 0.29) is 54.9 Å². The molecule has 4 rings (SSSR count). The van der Waals surface area contributed by atoms with Gasteiger partial charge in [-0.3, -0.25) is 14.4 Å². The average molecular weight is 810 g/mol. The summed E-state index contributed by atoms with van der Waals surface area (Å²) in [5.41, 5.74) is 1.71. The third-order valence-corrected chi connectivity index (χ3v) is 13.3. The first kappa shape index (κ1) is 46.5. The van der Waals surface area contributed by atoms with Crippen molar-refractivity contribution in [2.75, 3.05) is 27.9 Å². The lowest BCUT2D eigenvalue weighted by molar-refractivity contribution is -0.302. The average Bonchev–Trinajstić information content (AvgIpc) is 3.18. The zero-order chi connectivity index (χ0) is 41.5. The predicted octanol–water partition coefficient (Wildman–Crippen LogP) is 5.72. The molecule has 2 bridgehead atoms. The molecule has 56 heavy (non-hydrogen) atoms. The molecule has 3 fully saturated rings. The third-order valence-electron chi connectivity index (χ3n) is 12.8.